The van der Waals surface area contributed by atoms with E-state index >= 15 is 0 Å². The highest BCUT2D eigenvalue weighted by molar-refractivity contribution is 7.89. The molecule has 0 bridgehead atoms. The highest BCUT2D eigenvalue weighted by Crippen LogP contribution is 2.41. The number of aromatic amines is 1. The first-order valence-corrected chi connectivity index (χ1v) is 15.7. The molecule has 2 aromatic heterocycles. The van der Waals surface area contributed by atoms with Crippen LogP contribution in [0.5, 0.6) is 11.5 Å². The van der Waals surface area contributed by atoms with Crippen molar-refractivity contribution in [2.24, 2.45) is 7.05 Å². The first-order valence-electron chi connectivity index (χ1n) is 14.2. The average molecular weight is 648 g/mol. The van der Waals surface area contributed by atoms with Crippen molar-refractivity contribution in [1.82, 2.24) is 14.3 Å². The molecular weight excluding hydrogens is 619 g/mol. The third kappa shape index (κ3) is 5.96. The Morgan fingerprint density at radius 2 is 1.52 bits per heavy atom. The lowest BCUT2D eigenvalue weighted by molar-refractivity contribution is -0.274. The van der Waals surface area contributed by atoms with Crippen LogP contribution in [0.4, 0.5) is 13.2 Å². The molecule has 0 aliphatic carbocycles. The second-order valence-corrected chi connectivity index (χ2v) is 12.5. The van der Waals surface area contributed by atoms with Gasteiger partial charge in [0.25, 0.3) is 5.56 Å². The van der Waals surface area contributed by atoms with Gasteiger partial charge < -0.3 is 19.4 Å². The molecule has 6 rings (SSSR count). The summed E-state index contributed by atoms with van der Waals surface area (Å²) in [6.07, 6.45) is -4.71. The molecule has 236 valence electrons. The number of aryl methyl sites for hydroxylation is 1. The van der Waals surface area contributed by atoms with Crippen LogP contribution in [0.1, 0.15) is 28.3 Å². The van der Waals surface area contributed by atoms with E-state index in [4.69, 9.17) is 0 Å². The Kier molecular flexibility index (Phi) is 8.09. The zero-order chi connectivity index (χ0) is 32.6. The highest BCUT2D eigenvalue weighted by atomic mass is 32.2. The van der Waals surface area contributed by atoms with Gasteiger partial charge in [-0.1, -0.05) is 60.7 Å². The van der Waals surface area contributed by atoms with Crippen LogP contribution in [0.25, 0.3) is 21.8 Å². The van der Waals surface area contributed by atoms with E-state index in [1.54, 1.807) is 49.5 Å². The monoisotopic (exact) mass is 647 g/mol. The van der Waals surface area contributed by atoms with E-state index in [2.05, 4.69) is 14.4 Å². The van der Waals surface area contributed by atoms with Gasteiger partial charge in [-0.3, -0.25) is 4.79 Å². The molecule has 0 saturated carbocycles. The molecule has 3 N–H and O–H groups in total. The number of fused-ring (bicyclic) bond motifs is 2. The van der Waals surface area contributed by atoms with Crippen LogP contribution in [0.15, 0.2) is 113 Å². The van der Waals surface area contributed by atoms with Gasteiger partial charge >= 0.3 is 6.36 Å². The van der Waals surface area contributed by atoms with E-state index in [0.717, 1.165) is 17.5 Å². The minimum absolute atomic E-state index is 0.00112. The fourth-order valence-electron chi connectivity index (χ4n) is 5.83. The maximum Gasteiger partial charge on any atom is 0.573 e. The molecule has 2 heterocycles. The van der Waals surface area contributed by atoms with E-state index in [-0.39, 0.29) is 29.2 Å². The van der Waals surface area contributed by atoms with Crippen molar-refractivity contribution in [3.05, 3.63) is 136 Å². The lowest BCUT2D eigenvalue weighted by atomic mass is 9.85. The molecule has 8 nitrogen and oxygen atoms in total. The molecule has 6 aromatic rings. The van der Waals surface area contributed by atoms with E-state index in [1.165, 1.54) is 28.8 Å². The van der Waals surface area contributed by atoms with Crippen LogP contribution >= 0.6 is 0 Å². The quantitative estimate of drug-likeness (QED) is 0.170. The van der Waals surface area contributed by atoms with Crippen LogP contribution in [-0.4, -0.2) is 36.0 Å². The number of aromatic nitrogens is 2. The number of nitrogens with zero attached hydrogens (tertiary/aromatic N) is 1. The minimum atomic E-state index is -4.90. The van der Waals surface area contributed by atoms with Gasteiger partial charge in [-0.05, 0) is 60.0 Å². The summed E-state index contributed by atoms with van der Waals surface area (Å²) in [5.41, 5.74) is 2.23. The maximum absolute atomic E-state index is 14.0. The minimum Gasteiger partial charge on any atom is -0.507 e. The number of aromatic hydroxyl groups is 1. The van der Waals surface area contributed by atoms with Crippen molar-refractivity contribution in [3.8, 4) is 11.5 Å². The Morgan fingerprint density at radius 3 is 2.22 bits per heavy atom. The smallest absolute Gasteiger partial charge is 0.507 e. The SMILES string of the molecule is Cn1c(=O)c(C(c2ccc(OC(F)(F)F)cc2)c2[nH]c3ccccc3c2CCNS(=O)(=O)c2ccccc2)c(O)c2ccccc21. The fraction of sp³-hybridized carbons (Fsp3) is 0.147. The van der Waals surface area contributed by atoms with E-state index < -0.39 is 33.6 Å². The lowest BCUT2D eigenvalue weighted by Crippen LogP contribution is -2.27. The normalized spacial score (nSPS) is 12.9. The molecule has 1 unspecified atom stereocenters. The van der Waals surface area contributed by atoms with Gasteiger partial charge in [0.1, 0.15) is 11.5 Å². The van der Waals surface area contributed by atoms with E-state index in [1.807, 2.05) is 24.3 Å². The molecular formula is C34H28F3N3O5S. The predicted molar refractivity (Wildman–Crippen MR) is 169 cm³/mol. The van der Waals surface area contributed by atoms with E-state index in [9.17, 15) is 31.5 Å². The number of para-hydroxylation sites is 2. The molecule has 0 aliphatic rings. The van der Waals surface area contributed by atoms with Crippen molar-refractivity contribution < 1.29 is 31.4 Å². The number of halogens is 3. The zero-order valence-electron chi connectivity index (χ0n) is 24.4. The summed E-state index contributed by atoms with van der Waals surface area (Å²) >= 11 is 0. The molecule has 12 heteroatoms. The van der Waals surface area contributed by atoms with Gasteiger partial charge in [-0.25, -0.2) is 13.1 Å². The van der Waals surface area contributed by atoms with Gasteiger partial charge in [0.15, 0.2) is 0 Å². The standard InChI is InChI=1S/C34H28F3N3O5S/c1-40-28-14-8-6-12-26(28)32(41)30(33(40)42)29(21-15-17-22(18-16-21)45-34(35,36)37)31-25(24-11-5-7-13-27(24)39-31)19-20-38-46(43,44)23-9-3-2-4-10-23/h2-18,29,38-39,41H,19-20H2,1H3. The van der Waals surface area contributed by atoms with Gasteiger partial charge in [-0.15, -0.1) is 13.2 Å². The summed E-state index contributed by atoms with van der Waals surface area (Å²) in [6.45, 7) is -0.00112. The molecule has 0 radical (unpaired) electrons. The summed E-state index contributed by atoms with van der Waals surface area (Å²) < 4.78 is 73.0. The van der Waals surface area contributed by atoms with Crippen LogP contribution < -0.4 is 15.0 Å². The average Bonchev–Trinajstić information content (AvgIpc) is 3.40. The van der Waals surface area contributed by atoms with Crippen LogP contribution in [0.2, 0.25) is 0 Å². The largest absolute Gasteiger partial charge is 0.573 e. The number of benzene rings is 4. The molecule has 1 atom stereocenters. The Bertz CT molecular complexity index is 2210. The summed E-state index contributed by atoms with van der Waals surface area (Å²) in [5, 5.41) is 12.8. The second-order valence-electron chi connectivity index (χ2n) is 10.7. The number of sulfonamides is 1. The van der Waals surface area contributed by atoms with Crippen molar-refractivity contribution in [1.29, 1.82) is 0 Å². The Hall–Kier alpha value is -5.07. The number of pyridine rings is 1. The molecule has 0 aliphatic heterocycles. The van der Waals surface area contributed by atoms with Crippen LogP contribution in [-0.2, 0) is 23.5 Å². The van der Waals surface area contributed by atoms with Gasteiger partial charge in [0, 0.05) is 35.6 Å². The molecule has 4 aromatic carbocycles. The molecule has 46 heavy (non-hydrogen) atoms. The zero-order valence-corrected chi connectivity index (χ0v) is 25.2. The molecule has 0 amide bonds. The Balaban J connectivity index is 1.52. The van der Waals surface area contributed by atoms with Crippen LogP contribution in [0, 0.1) is 0 Å². The number of alkyl halides is 3. The van der Waals surface area contributed by atoms with Crippen molar-refractivity contribution in [2.45, 2.75) is 23.6 Å². The number of rotatable bonds is 9. The summed E-state index contributed by atoms with van der Waals surface area (Å²) in [6, 6.07) is 27.2. The first kappa shape index (κ1) is 30.9. The lowest BCUT2D eigenvalue weighted by Gasteiger charge is -2.22. The highest BCUT2D eigenvalue weighted by Gasteiger charge is 2.33. The summed E-state index contributed by atoms with van der Waals surface area (Å²) in [5.74, 6) is -1.71. The van der Waals surface area contributed by atoms with Gasteiger partial charge in [0.05, 0.1) is 21.9 Å². The Morgan fingerprint density at radius 1 is 0.891 bits per heavy atom. The topological polar surface area (TPSA) is 113 Å². The first-order chi connectivity index (χ1) is 21.9. The number of ether oxygens (including phenoxy) is 1. The van der Waals surface area contributed by atoms with Crippen molar-refractivity contribution in [3.63, 3.8) is 0 Å². The summed E-state index contributed by atoms with van der Waals surface area (Å²) in [4.78, 5) is 17.5. The molecule has 0 saturated heterocycles. The molecule has 0 spiro atoms. The predicted octanol–water partition coefficient (Wildman–Crippen LogP) is 6.33. The number of nitrogens with one attached hydrogen (secondary N) is 2. The summed E-state index contributed by atoms with van der Waals surface area (Å²) in [7, 11) is -2.25. The van der Waals surface area contributed by atoms with E-state index in [0.29, 0.717) is 33.2 Å². The van der Waals surface area contributed by atoms with Gasteiger partial charge in [0.2, 0.25) is 10.0 Å². The third-order valence-corrected chi connectivity index (χ3v) is 9.38. The number of H-pyrrole nitrogens is 1. The molecule has 0 fully saturated rings. The number of hydrogen-bond acceptors (Lipinski definition) is 5. The van der Waals surface area contributed by atoms with Crippen LogP contribution in [0.3, 0.4) is 0 Å². The van der Waals surface area contributed by atoms with Crippen molar-refractivity contribution >= 4 is 31.8 Å². The van der Waals surface area contributed by atoms with Gasteiger partial charge in [-0.2, -0.15) is 0 Å². The van der Waals surface area contributed by atoms with Crippen molar-refractivity contribution in [2.75, 3.05) is 6.54 Å². The third-order valence-electron chi connectivity index (χ3n) is 7.90. The Labute approximate surface area is 261 Å². The fourth-order valence-corrected chi connectivity index (χ4v) is 6.89. The number of hydrogen-bond donors (Lipinski definition) is 3. The second kappa shape index (κ2) is 12.0. The maximum atomic E-state index is 14.0.